The third kappa shape index (κ3) is 5.91. The van der Waals surface area contributed by atoms with E-state index in [1.807, 2.05) is 55.5 Å². The summed E-state index contributed by atoms with van der Waals surface area (Å²) in [5.41, 5.74) is 2.30. The largest absolute Gasteiger partial charge is 0.483 e. The Morgan fingerprint density at radius 1 is 0.897 bits per heavy atom. The fourth-order valence-electron chi connectivity index (χ4n) is 2.63. The van der Waals surface area contributed by atoms with Gasteiger partial charge in [0.15, 0.2) is 6.61 Å². The topological polar surface area (TPSA) is 84.5 Å². The van der Waals surface area contributed by atoms with E-state index in [0.29, 0.717) is 11.4 Å². The number of carbonyl (C=O) groups excluding carboxylic acids is 1. The molecule has 0 saturated heterocycles. The normalized spacial score (nSPS) is 11.1. The number of amides is 1. The first-order chi connectivity index (χ1) is 13.9. The number of anilines is 1. The minimum atomic E-state index is -3.64. The van der Waals surface area contributed by atoms with Crippen molar-refractivity contribution in [2.75, 3.05) is 11.9 Å². The van der Waals surface area contributed by atoms with Gasteiger partial charge >= 0.3 is 0 Å². The van der Waals surface area contributed by atoms with Crippen molar-refractivity contribution < 1.29 is 17.9 Å². The van der Waals surface area contributed by atoms with Crippen LogP contribution in [0.15, 0.2) is 83.8 Å². The SMILES string of the molecule is Cc1ccccc1OCC(=O)Nc1ccc(S(=O)(=O)NCc2ccccc2)cc1. The molecule has 0 radical (unpaired) electrons. The number of carbonyl (C=O) groups is 1. The van der Waals surface area contributed by atoms with Crippen LogP contribution in [0.4, 0.5) is 5.69 Å². The molecule has 0 unspecified atom stereocenters. The fraction of sp³-hybridized carbons (Fsp3) is 0.136. The van der Waals surface area contributed by atoms with E-state index in [2.05, 4.69) is 10.0 Å². The van der Waals surface area contributed by atoms with Gasteiger partial charge in [-0.05, 0) is 48.4 Å². The standard InChI is InChI=1S/C22H22N2O4S/c1-17-7-5-6-10-21(17)28-16-22(25)24-19-11-13-20(14-12-19)29(26,27)23-15-18-8-3-2-4-9-18/h2-14,23H,15-16H2,1H3,(H,24,25). The number of ether oxygens (including phenoxy) is 1. The van der Waals surface area contributed by atoms with E-state index in [4.69, 9.17) is 4.74 Å². The molecule has 6 nitrogen and oxygen atoms in total. The van der Waals surface area contributed by atoms with Gasteiger partial charge in [-0.3, -0.25) is 4.79 Å². The molecular weight excluding hydrogens is 388 g/mol. The highest BCUT2D eigenvalue weighted by molar-refractivity contribution is 7.89. The van der Waals surface area contributed by atoms with Crippen LogP contribution in [0, 0.1) is 6.92 Å². The molecular formula is C22H22N2O4S. The van der Waals surface area contributed by atoms with Crippen LogP contribution in [-0.2, 0) is 21.4 Å². The maximum atomic E-state index is 12.4. The van der Waals surface area contributed by atoms with E-state index in [1.165, 1.54) is 12.1 Å². The average molecular weight is 410 g/mol. The van der Waals surface area contributed by atoms with Crippen LogP contribution in [-0.4, -0.2) is 20.9 Å². The van der Waals surface area contributed by atoms with Crippen molar-refractivity contribution in [3.8, 4) is 5.75 Å². The highest BCUT2D eigenvalue weighted by atomic mass is 32.2. The van der Waals surface area contributed by atoms with Crippen molar-refractivity contribution in [1.29, 1.82) is 0 Å². The number of benzene rings is 3. The number of para-hydroxylation sites is 1. The zero-order valence-electron chi connectivity index (χ0n) is 16.0. The maximum absolute atomic E-state index is 12.4. The average Bonchev–Trinajstić information content (AvgIpc) is 2.73. The van der Waals surface area contributed by atoms with Crippen molar-refractivity contribution in [3.05, 3.63) is 90.0 Å². The molecule has 0 aliphatic heterocycles. The molecule has 1 amide bonds. The lowest BCUT2D eigenvalue weighted by molar-refractivity contribution is -0.118. The smallest absolute Gasteiger partial charge is 0.262 e. The van der Waals surface area contributed by atoms with E-state index in [1.54, 1.807) is 18.2 Å². The Morgan fingerprint density at radius 3 is 2.24 bits per heavy atom. The summed E-state index contributed by atoms with van der Waals surface area (Å²) in [6.45, 7) is 1.97. The van der Waals surface area contributed by atoms with Gasteiger partial charge in [0, 0.05) is 12.2 Å². The van der Waals surface area contributed by atoms with Crippen molar-refractivity contribution in [1.82, 2.24) is 4.72 Å². The number of hydrogen-bond acceptors (Lipinski definition) is 4. The summed E-state index contributed by atoms with van der Waals surface area (Å²) >= 11 is 0. The van der Waals surface area contributed by atoms with Crippen LogP contribution in [0.1, 0.15) is 11.1 Å². The van der Waals surface area contributed by atoms with E-state index in [-0.39, 0.29) is 24.0 Å². The summed E-state index contributed by atoms with van der Waals surface area (Å²) in [7, 11) is -3.64. The third-order valence-electron chi connectivity index (χ3n) is 4.21. The van der Waals surface area contributed by atoms with Gasteiger partial charge in [0.1, 0.15) is 5.75 Å². The fourth-order valence-corrected chi connectivity index (χ4v) is 3.65. The molecule has 0 saturated carbocycles. The van der Waals surface area contributed by atoms with Gasteiger partial charge in [-0.15, -0.1) is 0 Å². The lowest BCUT2D eigenvalue weighted by Gasteiger charge is -2.10. The molecule has 0 spiro atoms. The van der Waals surface area contributed by atoms with Crippen LogP contribution in [0.5, 0.6) is 5.75 Å². The molecule has 3 aromatic rings. The summed E-state index contributed by atoms with van der Waals surface area (Å²) in [5.74, 6) is 0.319. The Morgan fingerprint density at radius 2 is 1.55 bits per heavy atom. The minimum Gasteiger partial charge on any atom is -0.483 e. The van der Waals surface area contributed by atoms with Crippen LogP contribution >= 0.6 is 0 Å². The Kier molecular flexibility index (Phi) is 6.64. The van der Waals surface area contributed by atoms with E-state index < -0.39 is 10.0 Å². The van der Waals surface area contributed by atoms with Crippen molar-refractivity contribution in [3.63, 3.8) is 0 Å². The maximum Gasteiger partial charge on any atom is 0.262 e. The van der Waals surface area contributed by atoms with Gasteiger partial charge in [-0.25, -0.2) is 13.1 Å². The molecule has 0 atom stereocenters. The van der Waals surface area contributed by atoms with E-state index in [0.717, 1.165) is 11.1 Å². The molecule has 150 valence electrons. The second kappa shape index (κ2) is 9.36. The first-order valence-corrected chi connectivity index (χ1v) is 10.5. The van der Waals surface area contributed by atoms with Crippen LogP contribution in [0.25, 0.3) is 0 Å². The molecule has 0 aliphatic carbocycles. The Labute approximate surface area is 170 Å². The van der Waals surface area contributed by atoms with E-state index in [9.17, 15) is 13.2 Å². The third-order valence-corrected chi connectivity index (χ3v) is 5.63. The van der Waals surface area contributed by atoms with Gasteiger partial charge in [-0.1, -0.05) is 48.5 Å². The second-order valence-corrected chi connectivity index (χ2v) is 8.20. The van der Waals surface area contributed by atoms with Gasteiger partial charge in [0.05, 0.1) is 4.90 Å². The Balaban J connectivity index is 1.55. The number of aryl methyl sites for hydroxylation is 1. The molecule has 0 aromatic heterocycles. The lowest BCUT2D eigenvalue weighted by atomic mass is 10.2. The summed E-state index contributed by atoms with van der Waals surface area (Å²) in [6, 6.07) is 22.7. The molecule has 7 heteroatoms. The molecule has 0 aliphatic rings. The number of hydrogen-bond donors (Lipinski definition) is 2. The number of sulfonamides is 1. The summed E-state index contributed by atoms with van der Waals surface area (Å²) < 4.78 is 32.9. The molecule has 3 rings (SSSR count). The van der Waals surface area contributed by atoms with Crippen molar-refractivity contribution in [2.45, 2.75) is 18.4 Å². The predicted octanol–water partition coefficient (Wildman–Crippen LogP) is 3.49. The molecule has 2 N–H and O–H groups in total. The second-order valence-electron chi connectivity index (χ2n) is 6.44. The van der Waals surface area contributed by atoms with Crippen LogP contribution in [0.3, 0.4) is 0 Å². The first kappa shape index (κ1) is 20.6. The Bertz CT molecular complexity index is 1070. The molecule has 0 bridgehead atoms. The molecule has 29 heavy (non-hydrogen) atoms. The van der Waals surface area contributed by atoms with Crippen molar-refractivity contribution >= 4 is 21.6 Å². The van der Waals surface area contributed by atoms with E-state index >= 15 is 0 Å². The van der Waals surface area contributed by atoms with Gasteiger partial charge in [-0.2, -0.15) is 0 Å². The monoisotopic (exact) mass is 410 g/mol. The number of rotatable bonds is 8. The van der Waals surface area contributed by atoms with Gasteiger partial charge in [0.25, 0.3) is 5.91 Å². The lowest BCUT2D eigenvalue weighted by Crippen LogP contribution is -2.23. The predicted molar refractivity (Wildman–Crippen MR) is 112 cm³/mol. The highest BCUT2D eigenvalue weighted by Gasteiger charge is 2.14. The summed E-state index contributed by atoms with van der Waals surface area (Å²) in [4.78, 5) is 12.2. The zero-order chi connectivity index (χ0) is 20.7. The summed E-state index contributed by atoms with van der Waals surface area (Å²) in [5, 5.41) is 2.69. The quantitative estimate of drug-likeness (QED) is 0.595. The summed E-state index contributed by atoms with van der Waals surface area (Å²) in [6.07, 6.45) is 0. The van der Waals surface area contributed by atoms with Gasteiger partial charge in [0.2, 0.25) is 10.0 Å². The zero-order valence-corrected chi connectivity index (χ0v) is 16.8. The van der Waals surface area contributed by atoms with Crippen LogP contribution < -0.4 is 14.8 Å². The highest BCUT2D eigenvalue weighted by Crippen LogP contribution is 2.17. The van der Waals surface area contributed by atoms with Gasteiger partial charge < -0.3 is 10.1 Å². The molecule has 0 fully saturated rings. The van der Waals surface area contributed by atoms with Crippen LogP contribution in [0.2, 0.25) is 0 Å². The minimum absolute atomic E-state index is 0.127. The molecule has 3 aromatic carbocycles. The Hall–Kier alpha value is -3.16. The van der Waals surface area contributed by atoms with Crippen molar-refractivity contribution in [2.24, 2.45) is 0 Å². The first-order valence-electron chi connectivity index (χ1n) is 9.06. The number of nitrogens with one attached hydrogen (secondary N) is 2. The molecule has 0 heterocycles.